The third-order valence-electron chi connectivity index (χ3n) is 5.86. The quantitative estimate of drug-likeness (QED) is 0.889. The Morgan fingerprint density at radius 3 is 2.22 bits per heavy atom. The molecule has 0 spiro atoms. The molecule has 0 amide bonds. The standard InChI is InChI=1S/C15H23N3/c16-10-14(18-3-1-2-17-18)15-7-11-4-12(8-15)6-13(5-11)9-15/h1-3,11-14H,4-10,16H2. The Morgan fingerprint density at radius 1 is 1.17 bits per heavy atom. The summed E-state index contributed by atoms with van der Waals surface area (Å²) in [6.45, 7) is 0.744. The highest BCUT2D eigenvalue weighted by atomic mass is 15.3. The minimum Gasteiger partial charge on any atom is -0.328 e. The Labute approximate surface area is 109 Å². The van der Waals surface area contributed by atoms with Gasteiger partial charge in [0.05, 0.1) is 6.04 Å². The van der Waals surface area contributed by atoms with Gasteiger partial charge in [0.1, 0.15) is 0 Å². The summed E-state index contributed by atoms with van der Waals surface area (Å²) < 4.78 is 2.15. The third-order valence-corrected chi connectivity index (χ3v) is 5.86. The smallest absolute Gasteiger partial charge is 0.0697 e. The van der Waals surface area contributed by atoms with E-state index in [1.165, 1.54) is 38.5 Å². The Hall–Kier alpha value is -0.830. The van der Waals surface area contributed by atoms with Gasteiger partial charge in [0.15, 0.2) is 0 Å². The number of hydrogen-bond acceptors (Lipinski definition) is 2. The SMILES string of the molecule is NCC(n1cccn1)C12CC3CC(CC(C3)C1)C2. The van der Waals surface area contributed by atoms with Crippen molar-refractivity contribution in [2.75, 3.05) is 6.54 Å². The van der Waals surface area contributed by atoms with Crippen LogP contribution in [0.4, 0.5) is 0 Å². The Bertz CT molecular complexity index is 388. The molecule has 18 heavy (non-hydrogen) atoms. The van der Waals surface area contributed by atoms with Gasteiger partial charge in [0.25, 0.3) is 0 Å². The van der Waals surface area contributed by atoms with Crippen molar-refractivity contribution < 1.29 is 0 Å². The van der Waals surface area contributed by atoms with E-state index in [1.807, 2.05) is 12.3 Å². The lowest BCUT2D eigenvalue weighted by atomic mass is 9.47. The predicted octanol–water partition coefficient (Wildman–Crippen LogP) is 2.60. The molecule has 0 radical (unpaired) electrons. The van der Waals surface area contributed by atoms with Gasteiger partial charge in [-0.15, -0.1) is 0 Å². The summed E-state index contributed by atoms with van der Waals surface area (Å²) in [6.07, 6.45) is 12.7. The first-order chi connectivity index (χ1) is 8.79. The number of aromatic nitrogens is 2. The van der Waals surface area contributed by atoms with Crippen LogP contribution in [-0.4, -0.2) is 16.3 Å². The molecule has 1 heterocycles. The maximum absolute atomic E-state index is 6.12. The lowest BCUT2D eigenvalue weighted by Gasteiger charge is -2.59. The molecule has 0 aliphatic heterocycles. The van der Waals surface area contributed by atoms with Crippen LogP contribution >= 0.6 is 0 Å². The van der Waals surface area contributed by atoms with Crippen molar-refractivity contribution in [1.82, 2.24) is 9.78 Å². The van der Waals surface area contributed by atoms with Crippen LogP contribution in [0.5, 0.6) is 0 Å². The van der Waals surface area contributed by atoms with E-state index in [0.29, 0.717) is 11.5 Å². The maximum Gasteiger partial charge on any atom is 0.0697 e. The van der Waals surface area contributed by atoms with Gasteiger partial charge in [0.2, 0.25) is 0 Å². The van der Waals surface area contributed by atoms with Crippen molar-refractivity contribution >= 4 is 0 Å². The van der Waals surface area contributed by atoms with Crippen molar-refractivity contribution in [3.05, 3.63) is 18.5 Å². The zero-order valence-corrected chi connectivity index (χ0v) is 11.0. The fourth-order valence-electron chi connectivity index (χ4n) is 5.69. The first-order valence-electron chi connectivity index (χ1n) is 7.48. The number of nitrogens with two attached hydrogens (primary N) is 1. The highest BCUT2D eigenvalue weighted by Gasteiger charge is 2.54. The molecule has 4 fully saturated rings. The number of rotatable bonds is 3. The maximum atomic E-state index is 6.12. The third kappa shape index (κ3) is 1.49. The second-order valence-electron chi connectivity index (χ2n) is 7.02. The summed E-state index contributed by atoms with van der Waals surface area (Å²) in [7, 11) is 0. The van der Waals surface area contributed by atoms with E-state index in [4.69, 9.17) is 5.73 Å². The first kappa shape index (κ1) is 11.0. The second-order valence-corrected chi connectivity index (χ2v) is 7.02. The van der Waals surface area contributed by atoms with Crippen LogP contribution in [0.15, 0.2) is 18.5 Å². The molecule has 1 aromatic heterocycles. The van der Waals surface area contributed by atoms with Crippen molar-refractivity contribution in [3.63, 3.8) is 0 Å². The molecule has 2 N–H and O–H groups in total. The summed E-state index contributed by atoms with van der Waals surface area (Å²) >= 11 is 0. The Balaban J connectivity index is 1.70. The molecule has 4 saturated carbocycles. The molecule has 3 heteroatoms. The van der Waals surface area contributed by atoms with Crippen LogP contribution in [0.3, 0.4) is 0 Å². The highest BCUT2D eigenvalue weighted by molar-refractivity contribution is 5.06. The van der Waals surface area contributed by atoms with Crippen molar-refractivity contribution in [2.45, 2.75) is 44.6 Å². The monoisotopic (exact) mass is 245 g/mol. The minimum atomic E-state index is 0.431. The molecular weight excluding hydrogens is 222 g/mol. The van der Waals surface area contributed by atoms with Crippen LogP contribution in [0.2, 0.25) is 0 Å². The molecule has 4 aliphatic carbocycles. The van der Waals surface area contributed by atoms with Crippen LogP contribution in [0, 0.1) is 23.2 Å². The Kier molecular flexibility index (Phi) is 2.35. The normalized spacial score (nSPS) is 43.3. The van der Waals surface area contributed by atoms with Gasteiger partial charge in [-0.3, -0.25) is 4.68 Å². The Morgan fingerprint density at radius 2 is 1.78 bits per heavy atom. The van der Waals surface area contributed by atoms with Crippen molar-refractivity contribution in [2.24, 2.45) is 28.9 Å². The van der Waals surface area contributed by atoms with E-state index in [9.17, 15) is 0 Å². The van der Waals surface area contributed by atoms with Crippen molar-refractivity contribution in [1.29, 1.82) is 0 Å². The van der Waals surface area contributed by atoms with Crippen LogP contribution in [0.25, 0.3) is 0 Å². The van der Waals surface area contributed by atoms with Gasteiger partial charge < -0.3 is 5.73 Å². The largest absolute Gasteiger partial charge is 0.328 e. The van der Waals surface area contributed by atoms with Gasteiger partial charge in [-0.25, -0.2) is 0 Å². The summed E-state index contributed by atoms with van der Waals surface area (Å²) in [6, 6.07) is 2.46. The minimum absolute atomic E-state index is 0.431. The molecule has 98 valence electrons. The fourth-order valence-corrected chi connectivity index (χ4v) is 5.69. The van der Waals surface area contributed by atoms with E-state index < -0.39 is 0 Å². The molecule has 3 nitrogen and oxygen atoms in total. The predicted molar refractivity (Wildman–Crippen MR) is 70.9 cm³/mol. The van der Waals surface area contributed by atoms with Gasteiger partial charge >= 0.3 is 0 Å². The molecular formula is C15H23N3. The van der Waals surface area contributed by atoms with E-state index in [2.05, 4.69) is 16.0 Å². The second kappa shape index (κ2) is 3.83. The van der Waals surface area contributed by atoms with E-state index in [1.54, 1.807) is 0 Å². The molecule has 1 aromatic rings. The highest BCUT2D eigenvalue weighted by Crippen LogP contribution is 2.63. The van der Waals surface area contributed by atoms with Gasteiger partial charge in [-0.05, 0) is 67.8 Å². The van der Waals surface area contributed by atoms with E-state index >= 15 is 0 Å². The molecule has 0 aromatic carbocycles. The van der Waals surface area contributed by atoms with Crippen LogP contribution in [0.1, 0.15) is 44.6 Å². The summed E-state index contributed by atoms with van der Waals surface area (Å²) in [4.78, 5) is 0. The summed E-state index contributed by atoms with van der Waals surface area (Å²) in [5, 5.41) is 4.48. The molecule has 5 rings (SSSR count). The van der Waals surface area contributed by atoms with Crippen molar-refractivity contribution in [3.8, 4) is 0 Å². The molecule has 4 bridgehead atoms. The summed E-state index contributed by atoms with van der Waals surface area (Å²) in [5.41, 5.74) is 6.59. The molecule has 0 saturated heterocycles. The van der Waals surface area contributed by atoms with E-state index in [0.717, 1.165) is 24.3 Å². The first-order valence-corrected chi connectivity index (χ1v) is 7.48. The average Bonchev–Trinajstić information content (AvgIpc) is 2.81. The molecule has 1 atom stereocenters. The topological polar surface area (TPSA) is 43.8 Å². The molecule has 1 unspecified atom stereocenters. The van der Waals surface area contributed by atoms with E-state index in [-0.39, 0.29) is 0 Å². The van der Waals surface area contributed by atoms with Gasteiger partial charge in [-0.2, -0.15) is 5.10 Å². The molecule has 4 aliphatic rings. The average molecular weight is 245 g/mol. The number of hydrogen-bond donors (Lipinski definition) is 1. The van der Waals surface area contributed by atoms with Crippen LogP contribution in [-0.2, 0) is 0 Å². The zero-order valence-electron chi connectivity index (χ0n) is 11.0. The zero-order chi connectivity index (χ0) is 12.2. The lowest BCUT2D eigenvalue weighted by molar-refractivity contribution is -0.0829. The summed E-state index contributed by atoms with van der Waals surface area (Å²) in [5.74, 6) is 2.96. The van der Waals surface area contributed by atoms with Gasteiger partial charge in [-0.1, -0.05) is 0 Å². The lowest BCUT2D eigenvalue weighted by Crippen LogP contribution is -2.51. The fraction of sp³-hybridized carbons (Fsp3) is 0.800. The van der Waals surface area contributed by atoms with Gasteiger partial charge in [0, 0.05) is 18.9 Å². The number of nitrogens with zero attached hydrogens (tertiary/aromatic N) is 2. The van der Waals surface area contributed by atoms with Crippen LogP contribution < -0.4 is 5.73 Å².